The Hall–Kier alpha value is -1.66. The zero-order valence-electron chi connectivity index (χ0n) is 10.4. The zero-order valence-corrected chi connectivity index (χ0v) is 12.0. The van der Waals surface area contributed by atoms with E-state index in [2.05, 4.69) is 0 Å². The summed E-state index contributed by atoms with van der Waals surface area (Å²) in [6.07, 6.45) is -4.53. The Morgan fingerprint density at radius 2 is 1.76 bits per heavy atom. The molecule has 2 N–H and O–H groups in total. The van der Waals surface area contributed by atoms with E-state index in [1.807, 2.05) is 0 Å². The minimum Gasteiger partial charge on any atom is -0.366 e. The van der Waals surface area contributed by atoms with Gasteiger partial charge in [0.15, 0.2) is 0 Å². The molecule has 2 aromatic rings. The highest BCUT2D eigenvalue weighted by Crippen LogP contribution is 2.37. The van der Waals surface area contributed by atoms with Crippen molar-refractivity contribution in [2.45, 2.75) is 16.0 Å². The highest BCUT2D eigenvalue weighted by atomic mass is 35.5. The predicted octanol–water partition coefficient (Wildman–Crippen LogP) is 4.61. The first-order valence-corrected chi connectivity index (χ1v) is 6.92. The average Bonchev–Trinajstić information content (AvgIpc) is 2.40. The van der Waals surface area contributed by atoms with Gasteiger partial charge in [0.25, 0.3) is 0 Å². The maximum absolute atomic E-state index is 12.7. The van der Waals surface area contributed by atoms with Crippen molar-refractivity contribution in [3.05, 3.63) is 58.6 Å². The average molecular weight is 332 g/mol. The number of alkyl halides is 3. The lowest BCUT2D eigenvalue weighted by atomic mass is 10.1. The van der Waals surface area contributed by atoms with Gasteiger partial charge in [0, 0.05) is 9.79 Å². The second-order valence-corrected chi connectivity index (χ2v) is 5.60. The van der Waals surface area contributed by atoms with Crippen LogP contribution in [0.25, 0.3) is 0 Å². The SMILES string of the molecule is NC(=O)c1cc(C(F)(F)F)ccc1Sc1ccccc1Cl. The number of nitrogens with two attached hydrogens (primary N) is 1. The second-order valence-electron chi connectivity index (χ2n) is 4.11. The Kier molecular flexibility index (Phi) is 4.49. The molecule has 0 saturated carbocycles. The van der Waals surface area contributed by atoms with Crippen molar-refractivity contribution >= 4 is 29.3 Å². The lowest BCUT2D eigenvalue weighted by Crippen LogP contribution is -2.14. The van der Waals surface area contributed by atoms with Gasteiger partial charge in [-0.2, -0.15) is 13.2 Å². The molecule has 0 radical (unpaired) electrons. The third-order valence-corrected chi connectivity index (χ3v) is 4.22. The molecule has 0 aliphatic carbocycles. The van der Waals surface area contributed by atoms with Gasteiger partial charge in [-0.05, 0) is 30.3 Å². The number of primary amides is 1. The molecule has 0 bridgehead atoms. The Bertz CT molecular complexity index is 688. The van der Waals surface area contributed by atoms with Crippen molar-refractivity contribution in [3.63, 3.8) is 0 Å². The number of carbonyl (C=O) groups excluding carboxylic acids is 1. The molecule has 0 saturated heterocycles. The minimum atomic E-state index is -4.53. The van der Waals surface area contributed by atoms with E-state index in [1.54, 1.807) is 24.3 Å². The van der Waals surface area contributed by atoms with Gasteiger partial charge in [0.05, 0.1) is 16.1 Å². The van der Waals surface area contributed by atoms with E-state index >= 15 is 0 Å². The van der Waals surface area contributed by atoms with Crippen LogP contribution in [-0.2, 0) is 6.18 Å². The maximum Gasteiger partial charge on any atom is 0.416 e. The van der Waals surface area contributed by atoms with Crippen LogP contribution in [0, 0.1) is 0 Å². The largest absolute Gasteiger partial charge is 0.416 e. The summed E-state index contributed by atoms with van der Waals surface area (Å²) in [5.74, 6) is -0.921. The number of carbonyl (C=O) groups is 1. The number of benzene rings is 2. The highest BCUT2D eigenvalue weighted by Gasteiger charge is 2.31. The topological polar surface area (TPSA) is 43.1 Å². The molecule has 7 heteroatoms. The summed E-state index contributed by atoms with van der Waals surface area (Å²) < 4.78 is 38.0. The van der Waals surface area contributed by atoms with Crippen LogP contribution in [0.15, 0.2) is 52.3 Å². The van der Waals surface area contributed by atoms with E-state index in [0.29, 0.717) is 14.8 Å². The highest BCUT2D eigenvalue weighted by molar-refractivity contribution is 7.99. The van der Waals surface area contributed by atoms with Crippen LogP contribution in [0.3, 0.4) is 0 Å². The quantitative estimate of drug-likeness (QED) is 0.892. The second kappa shape index (κ2) is 5.99. The van der Waals surface area contributed by atoms with Crippen LogP contribution in [0.1, 0.15) is 15.9 Å². The molecule has 1 amide bonds. The fraction of sp³-hybridized carbons (Fsp3) is 0.0714. The van der Waals surface area contributed by atoms with E-state index in [-0.39, 0.29) is 5.56 Å². The van der Waals surface area contributed by atoms with Crippen molar-refractivity contribution in [2.75, 3.05) is 0 Å². The first-order chi connectivity index (χ1) is 9.79. The molecule has 0 fully saturated rings. The number of rotatable bonds is 3. The molecular formula is C14H9ClF3NOS. The summed E-state index contributed by atoms with van der Waals surface area (Å²) in [6, 6.07) is 9.70. The van der Waals surface area contributed by atoms with E-state index < -0.39 is 17.6 Å². The first-order valence-electron chi connectivity index (χ1n) is 5.72. The molecule has 21 heavy (non-hydrogen) atoms. The lowest BCUT2D eigenvalue weighted by molar-refractivity contribution is -0.137. The summed E-state index contributed by atoms with van der Waals surface area (Å²) in [5, 5.41) is 0.442. The zero-order chi connectivity index (χ0) is 15.6. The molecule has 0 heterocycles. The van der Waals surface area contributed by atoms with Gasteiger partial charge in [-0.25, -0.2) is 0 Å². The standard InChI is InChI=1S/C14H9ClF3NOS/c15-10-3-1-2-4-12(10)21-11-6-5-8(14(16,17)18)7-9(11)13(19)20/h1-7H,(H2,19,20). The summed E-state index contributed by atoms with van der Waals surface area (Å²) >= 11 is 7.08. The van der Waals surface area contributed by atoms with Crippen molar-refractivity contribution < 1.29 is 18.0 Å². The van der Waals surface area contributed by atoms with Gasteiger partial charge in [0.1, 0.15) is 0 Å². The number of halogens is 4. The Morgan fingerprint density at radius 1 is 1.10 bits per heavy atom. The van der Waals surface area contributed by atoms with Gasteiger partial charge in [0.2, 0.25) is 5.91 Å². The van der Waals surface area contributed by atoms with Crippen molar-refractivity contribution in [1.29, 1.82) is 0 Å². The minimum absolute atomic E-state index is 0.185. The molecular weight excluding hydrogens is 323 g/mol. The van der Waals surface area contributed by atoms with E-state index in [0.717, 1.165) is 23.9 Å². The monoisotopic (exact) mass is 331 g/mol. The number of hydrogen-bond acceptors (Lipinski definition) is 2. The van der Waals surface area contributed by atoms with Gasteiger partial charge >= 0.3 is 6.18 Å². The third kappa shape index (κ3) is 3.71. The molecule has 0 aliphatic rings. The van der Waals surface area contributed by atoms with Gasteiger partial charge in [-0.15, -0.1) is 0 Å². The van der Waals surface area contributed by atoms with Crippen LogP contribution >= 0.6 is 23.4 Å². The predicted molar refractivity (Wildman–Crippen MR) is 75.5 cm³/mol. The summed E-state index contributed by atoms with van der Waals surface area (Å²) in [4.78, 5) is 12.3. The molecule has 2 aromatic carbocycles. The fourth-order valence-corrected chi connectivity index (χ4v) is 2.84. The fourth-order valence-electron chi connectivity index (χ4n) is 1.63. The number of amides is 1. The third-order valence-electron chi connectivity index (χ3n) is 2.63. The van der Waals surface area contributed by atoms with Crippen molar-refractivity contribution in [2.24, 2.45) is 5.73 Å². The molecule has 0 unspecified atom stereocenters. The van der Waals surface area contributed by atoms with Gasteiger partial charge in [-0.3, -0.25) is 4.79 Å². The van der Waals surface area contributed by atoms with Crippen LogP contribution in [-0.4, -0.2) is 5.91 Å². The van der Waals surface area contributed by atoms with Crippen molar-refractivity contribution in [3.8, 4) is 0 Å². The molecule has 110 valence electrons. The van der Waals surface area contributed by atoms with E-state index in [1.165, 1.54) is 6.07 Å². The summed E-state index contributed by atoms with van der Waals surface area (Å²) in [6.45, 7) is 0. The van der Waals surface area contributed by atoms with Gasteiger partial charge in [-0.1, -0.05) is 35.5 Å². The van der Waals surface area contributed by atoms with Crippen molar-refractivity contribution in [1.82, 2.24) is 0 Å². The van der Waals surface area contributed by atoms with Gasteiger partial charge < -0.3 is 5.73 Å². The van der Waals surface area contributed by atoms with Crippen LogP contribution in [0.4, 0.5) is 13.2 Å². The van der Waals surface area contributed by atoms with E-state index in [4.69, 9.17) is 17.3 Å². The Balaban J connectivity index is 2.45. The Labute approximate surface area is 128 Å². The number of hydrogen-bond donors (Lipinski definition) is 1. The molecule has 0 aromatic heterocycles. The van der Waals surface area contributed by atoms with Crippen LogP contribution < -0.4 is 5.73 Å². The van der Waals surface area contributed by atoms with Crippen LogP contribution in [0.5, 0.6) is 0 Å². The molecule has 0 spiro atoms. The Morgan fingerprint density at radius 3 is 2.33 bits per heavy atom. The molecule has 2 rings (SSSR count). The summed E-state index contributed by atoms with van der Waals surface area (Å²) in [5.41, 5.74) is 4.06. The van der Waals surface area contributed by atoms with E-state index in [9.17, 15) is 18.0 Å². The molecule has 0 atom stereocenters. The molecule has 2 nitrogen and oxygen atoms in total. The smallest absolute Gasteiger partial charge is 0.366 e. The van der Waals surface area contributed by atoms with Crippen LogP contribution in [0.2, 0.25) is 5.02 Å². The normalized spacial score (nSPS) is 11.4. The maximum atomic E-state index is 12.7. The first kappa shape index (κ1) is 15.7. The summed E-state index contributed by atoms with van der Waals surface area (Å²) in [7, 11) is 0. The molecule has 0 aliphatic heterocycles. The lowest BCUT2D eigenvalue weighted by Gasteiger charge is -2.12.